The second-order valence-electron chi connectivity index (χ2n) is 5.04. The zero-order valence-corrected chi connectivity index (χ0v) is 13.8. The number of H-pyrrole nitrogens is 1. The number of amides is 1. The van der Waals surface area contributed by atoms with Crippen LogP contribution in [0.25, 0.3) is 0 Å². The van der Waals surface area contributed by atoms with Gasteiger partial charge in [0.05, 0.1) is 6.04 Å². The summed E-state index contributed by atoms with van der Waals surface area (Å²) in [5.74, 6) is 0.672. The smallest absolute Gasteiger partial charge is 0.221 e. The molecule has 118 valence electrons. The van der Waals surface area contributed by atoms with Crippen molar-refractivity contribution in [2.45, 2.75) is 18.9 Å². The molecule has 1 atom stereocenters. The molecule has 2 heterocycles. The summed E-state index contributed by atoms with van der Waals surface area (Å²) in [6.45, 7) is 0. The van der Waals surface area contributed by atoms with Gasteiger partial charge < -0.3 is 5.32 Å². The van der Waals surface area contributed by atoms with Gasteiger partial charge in [0.2, 0.25) is 5.91 Å². The summed E-state index contributed by atoms with van der Waals surface area (Å²) in [7, 11) is 0. The quantitative estimate of drug-likeness (QED) is 0.719. The van der Waals surface area contributed by atoms with Gasteiger partial charge in [-0.25, -0.2) is 4.98 Å². The van der Waals surface area contributed by atoms with Gasteiger partial charge in [-0.1, -0.05) is 23.7 Å². The third-order valence-corrected chi connectivity index (χ3v) is 4.39. The number of rotatable bonds is 6. The van der Waals surface area contributed by atoms with Crippen LogP contribution in [0.5, 0.6) is 0 Å². The molecule has 2 aromatic heterocycles. The van der Waals surface area contributed by atoms with Crippen LogP contribution in [0.2, 0.25) is 5.02 Å². The van der Waals surface area contributed by atoms with Gasteiger partial charge in [-0.05, 0) is 40.1 Å². The lowest BCUT2D eigenvalue weighted by atomic mass is 10.0. The van der Waals surface area contributed by atoms with Crippen molar-refractivity contribution < 1.29 is 4.79 Å². The van der Waals surface area contributed by atoms with Crippen LogP contribution < -0.4 is 5.32 Å². The normalized spacial score (nSPS) is 12.0. The number of aryl methyl sites for hydroxylation is 1. The summed E-state index contributed by atoms with van der Waals surface area (Å²) in [4.78, 5) is 16.3. The Morgan fingerprint density at radius 1 is 1.26 bits per heavy atom. The molecule has 0 saturated heterocycles. The summed E-state index contributed by atoms with van der Waals surface area (Å²) >= 11 is 7.56. The fourth-order valence-electron chi connectivity index (χ4n) is 2.27. The highest BCUT2D eigenvalue weighted by atomic mass is 35.5. The number of carbonyl (C=O) groups is 1. The van der Waals surface area contributed by atoms with Crippen molar-refractivity contribution in [3.63, 3.8) is 0 Å². The molecule has 1 aromatic carbocycles. The molecule has 3 rings (SSSR count). The Morgan fingerprint density at radius 3 is 2.74 bits per heavy atom. The van der Waals surface area contributed by atoms with Crippen LogP contribution in [0.15, 0.2) is 47.4 Å². The molecule has 0 aliphatic heterocycles. The first-order valence-electron chi connectivity index (χ1n) is 7.13. The average molecular weight is 347 g/mol. The number of aromatic amines is 1. The van der Waals surface area contributed by atoms with Gasteiger partial charge in [0.25, 0.3) is 0 Å². The van der Waals surface area contributed by atoms with Gasteiger partial charge in [-0.2, -0.15) is 16.4 Å². The first kappa shape index (κ1) is 15.7. The number of nitrogens with one attached hydrogen (secondary N) is 2. The Morgan fingerprint density at radius 2 is 2.09 bits per heavy atom. The van der Waals surface area contributed by atoms with E-state index in [2.05, 4.69) is 20.5 Å². The maximum atomic E-state index is 12.3. The van der Waals surface area contributed by atoms with Crippen LogP contribution in [0.1, 0.15) is 29.4 Å². The molecule has 0 unspecified atom stereocenters. The third-order valence-electron chi connectivity index (χ3n) is 3.44. The maximum Gasteiger partial charge on any atom is 0.221 e. The predicted octanol–water partition coefficient (Wildman–Crippen LogP) is 3.36. The van der Waals surface area contributed by atoms with Gasteiger partial charge in [-0.3, -0.25) is 9.89 Å². The second kappa shape index (κ2) is 7.39. The van der Waals surface area contributed by atoms with E-state index < -0.39 is 0 Å². The Kier molecular flexibility index (Phi) is 5.05. The number of hydrogen-bond acceptors (Lipinski definition) is 4. The molecular weight excluding hydrogens is 332 g/mol. The first-order chi connectivity index (χ1) is 11.2. The van der Waals surface area contributed by atoms with E-state index in [0.717, 1.165) is 11.1 Å². The Labute approximate surface area is 142 Å². The number of aromatic nitrogens is 3. The molecule has 7 heteroatoms. The molecule has 0 bridgehead atoms. The maximum absolute atomic E-state index is 12.3. The summed E-state index contributed by atoms with van der Waals surface area (Å²) in [5, 5.41) is 14.3. The molecule has 0 spiro atoms. The van der Waals surface area contributed by atoms with Crippen molar-refractivity contribution in [2.24, 2.45) is 0 Å². The van der Waals surface area contributed by atoms with Crippen LogP contribution in [-0.2, 0) is 11.2 Å². The van der Waals surface area contributed by atoms with Crippen LogP contribution in [-0.4, -0.2) is 21.1 Å². The van der Waals surface area contributed by atoms with E-state index in [4.69, 9.17) is 11.6 Å². The first-order valence-corrected chi connectivity index (χ1v) is 8.45. The molecule has 3 aromatic rings. The van der Waals surface area contributed by atoms with Crippen molar-refractivity contribution in [1.82, 2.24) is 20.5 Å². The summed E-state index contributed by atoms with van der Waals surface area (Å²) in [5.41, 5.74) is 2.06. The molecule has 1 amide bonds. The zero-order valence-electron chi connectivity index (χ0n) is 12.2. The summed E-state index contributed by atoms with van der Waals surface area (Å²) in [6.07, 6.45) is 2.32. The molecule has 2 N–H and O–H groups in total. The molecule has 0 radical (unpaired) electrons. The number of thiophene rings is 1. The van der Waals surface area contributed by atoms with Crippen LogP contribution in [0, 0.1) is 0 Å². The van der Waals surface area contributed by atoms with E-state index in [1.54, 1.807) is 11.3 Å². The number of hydrogen-bond donors (Lipinski definition) is 2. The van der Waals surface area contributed by atoms with Crippen molar-refractivity contribution in [3.8, 4) is 0 Å². The minimum absolute atomic E-state index is 0.0347. The molecule has 0 saturated carbocycles. The van der Waals surface area contributed by atoms with Crippen LogP contribution >= 0.6 is 22.9 Å². The number of halogens is 1. The van der Waals surface area contributed by atoms with Gasteiger partial charge in [-0.15, -0.1) is 0 Å². The molecule has 0 fully saturated rings. The van der Waals surface area contributed by atoms with Gasteiger partial charge in [0.1, 0.15) is 12.2 Å². The molecule has 0 aliphatic rings. The highest BCUT2D eigenvalue weighted by Gasteiger charge is 2.17. The standard InChI is InChI=1S/C16H15ClN4OS/c17-13-3-1-11(2-4-13)16(12-7-8-23-9-12)20-15(22)6-5-14-18-10-19-21-14/h1-4,7-10,16H,5-6H2,(H,20,22)(H,18,19,21)/t16-/m0/s1. The third kappa shape index (κ3) is 4.18. The minimum Gasteiger partial charge on any atom is -0.345 e. The van der Waals surface area contributed by atoms with E-state index in [-0.39, 0.29) is 11.9 Å². The fourth-order valence-corrected chi connectivity index (χ4v) is 3.08. The molecule has 0 aliphatic carbocycles. The van der Waals surface area contributed by atoms with E-state index >= 15 is 0 Å². The molecule has 23 heavy (non-hydrogen) atoms. The SMILES string of the molecule is O=C(CCc1ncn[nH]1)N[C@@H](c1ccc(Cl)cc1)c1ccsc1. The number of carbonyl (C=O) groups excluding carboxylic acids is 1. The highest BCUT2D eigenvalue weighted by molar-refractivity contribution is 7.08. The van der Waals surface area contributed by atoms with Crippen molar-refractivity contribution in [2.75, 3.05) is 0 Å². The predicted molar refractivity (Wildman–Crippen MR) is 90.5 cm³/mol. The Balaban J connectivity index is 1.71. The van der Waals surface area contributed by atoms with Crippen molar-refractivity contribution in [3.05, 3.63) is 69.4 Å². The lowest BCUT2D eigenvalue weighted by Crippen LogP contribution is -2.29. The Bertz CT molecular complexity index is 741. The van der Waals surface area contributed by atoms with Crippen LogP contribution in [0.4, 0.5) is 0 Å². The largest absolute Gasteiger partial charge is 0.345 e. The van der Waals surface area contributed by atoms with Gasteiger partial charge in [0.15, 0.2) is 0 Å². The monoisotopic (exact) mass is 346 g/mol. The van der Waals surface area contributed by atoms with Crippen LogP contribution in [0.3, 0.4) is 0 Å². The summed E-state index contributed by atoms with van der Waals surface area (Å²) < 4.78 is 0. The number of nitrogens with zero attached hydrogens (tertiary/aromatic N) is 2. The second-order valence-corrected chi connectivity index (χ2v) is 6.26. The average Bonchev–Trinajstić information content (AvgIpc) is 3.25. The van der Waals surface area contributed by atoms with E-state index in [0.29, 0.717) is 23.7 Å². The topological polar surface area (TPSA) is 70.7 Å². The summed E-state index contributed by atoms with van der Waals surface area (Å²) in [6, 6.07) is 9.36. The molecular formula is C16H15ClN4OS. The molecule has 5 nitrogen and oxygen atoms in total. The lowest BCUT2D eigenvalue weighted by molar-refractivity contribution is -0.121. The van der Waals surface area contributed by atoms with E-state index in [1.165, 1.54) is 6.33 Å². The lowest BCUT2D eigenvalue weighted by Gasteiger charge is -2.18. The zero-order chi connectivity index (χ0) is 16.1. The van der Waals surface area contributed by atoms with E-state index in [9.17, 15) is 4.79 Å². The van der Waals surface area contributed by atoms with Gasteiger partial charge in [0, 0.05) is 17.9 Å². The number of benzene rings is 1. The highest BCUT2D eigenvalue weighted by Crippen LogP contribution is 2.25. The van der Waals surface area contributed by atoms with Crippen molar-refractivity contribution in [1.29, 1.82) is 0 Å². The Hall–Kier alpha value is -2.18. The fraction of sp³-hybridized carbons (Fsp3) is 0.188. The van der Waals surface area contributed by atoms with Gasteiger partial charge >= 0.3 is 0 Å². The minimum atomic E-state index is -0.180. The van der Waals surface area contributed by atoms with E-state index in [1.807, 2.05) is 41.1 Å². The van der Waals surface area contributed by atoms with Crippen molar-refractivity contribution >= 4 is 28.8 Å².